The summed E-state index contributed by atoms with van der Waals surface area (Å²) in [7, 11) is 0. The number of anilines is 1. The number of imide groups is 1. The molecule has 0 unspecified atom stereocenters. The van der Waals surface area contributed by atoms with Gasteiger partial charge in [0.05, 0.1) is 5.56 Å². The quantitative estimate of drug-likeness (QED) is 0.368. The second kappa shape index (κ2) is 9.83. The van der Waals surface area contributed by atoms with E-state index in [0.29, 0.717) is 11.3 Å². The van der Waals surface area contributed by atoms with E-state index in [1.54, 1.807) is 66.7 Å². The summed E-state index contributed by atoms with van der Waals surface area (Å²) in [5.41, 5.74) is 3.21. The predicted molar refractivity (Wildman–Crippen MR) is 127 cm³/mol. The summed E-state index contributed by atoms with van der Waals surface area (Å²) in [6.45, 7) is -0.0421. The minimum absolute atomic E-state index is 0.0224. The van der Waals surface area contributed by atoms with Crippen molar-refractivity contribution in [1.82, 2.24) is 10.2 Å². The zero-order valence-corrected chi connectivity index (χ0v) is 18.0. The fourth-order valence-electron chi connectivity index (χ4n) is 3.50. The van der Waals surface area contributed by atoms with Crippen molar-refractivity contribution in [2.24, 2.45) is 0 Å². The van der Waals surface area contributed by atoms with Crippen LogP contribution in [0.4, 0.5) is 10.5 Å². The molecule has 1 fully saturated rings. The molecule has 1 saturated heterocycles. The Kier molecular flexibility index (Phi) is 6.49. The van der Waals surface area contributed by atoms with Crippen molar-refractivity contribution < 1.29 is 24.3 Å². The number of carboxylic acid groups (broad SMARTS) is 1. The van der Waals surface area contributed by atoms with Gasteiger partial charge in [-0.2, -0.15) is 0 Å². The van der Waals surface area contributed by atoms with E-state index in [9.17, 15) is 19.2 Å². The third kappa shape index (κ3) is 5.18. The highest BCUT2D eigenvalue weighted by molar-refractivity contribution is 6.14. The number of para-hydroxylation sites is 1. The standard InChI is InChI=1S/C26H21N3O5/c30-23(27-21-7-2-1-3-8-21)13-14-29-24(31)22(28-26(29)34)15-17-9-11-18(12-10-17)19-5-4-6-20(16-19)25(32)33/h1-12,15-16H,13-14H2,(H,27,30)(H,28,34)(H,32,33). The number of urea groups is 1. The molecule has 3 aromatic carbocycles. The number of carbonyl (C=O) groups excluding carboxylic acids is 3. The molecule has 3 aromatic rings. The lowest BCUT2D eigenvalue weighted by Crippen LogP contribution is -2.33. The Morgan fingerprint density at radius 2 is 1.65 bits per heavy atom. The first kappa shape index (κ1) is 22.5. The smallest absolute Gasteiger partial charge is 0.335 e. The van der Waals surface area contributed by atoms with E-state index in [1.807, 2.05) is 12.1 Å². The van der Waals surface area contributed by atoms with Crippen molar-refractivity contribution in [2.75, 3.05) is 11.9 Å². The van der Waals surface area contributed by atoms with Gasteiger partial charge in [-0.1, -0.05) is 54.6 Å². The molecular weight excluding hydrogens is 434 g/mol. The van der Waals surface area contributed by atoms with Crippen LogP contribution in [0.3, 0.4) is 0 Å². The van der Waals surface area contributed by atoms with Crippen LogP contribution in [0, 0.1) is 0 Å². The lowest BCUT2D eigenvalue weighted by molar-refractivity contribution is -0.123. The van der Waals surface area contributed by atoms with Gasteiger partial charge in [0.15, 0.2) is 0 Å². The molecule has 0 spiro atoms. The third-order valence-electron chi connectivity index (χ3n) is 5.25. The van der Waals surface area contributed by atoms with Gasteiger partial charge in [0.2, 0.25) is 5.91 Å². The minimum atomic E-state index is -0.999. The molecule has 34 heavy (non-hydrogen) atoms. The molecule has 4 rings (SSSR count). The molecule has 0 bridgehead atoms. The molecule has 3 N–H and O–H groups in total. The Hall–Kier alpha value is -4.72. The topological polar surface area (TPSA) is 116 Å². The maximum atomic E-state index is 12.7. The normalized spacial score (nSPS) is 14.2. The van der Waals surface area contributed by atoms with E-state index in [0.717, 1.165) is 16.0 Å². The summed E-state index contributed by atoms with van der Waals surface area (Å²) in [5, 5.41) is 14.4. The van der Waals surface area contributed by atoms with Crippen LogP contribution in [-0.4, -0.2) is 40.4 Å². The highest BCUT2D eigenvalue weighted by Gasteiger charge is 2.33. The first-order valence-electron chi connectivity index (χ1n) is 10.5. The fraction of sp³-hybridized carbons (Fsp3) is 0.0769. The molecule has 0 atom stereocenters. The van der Waals surface area contributed by atoms with Crippen molar-refractivity contribution in [2.45, 2.75) is 6.42 Å². The van der Waals surface area contributed by atoms with Gasteiger partial charge < -0.3 is 15.7 Å². The van der Waals surface area contributed by atoms with Gasteiger partial charge in [-0.3, -0.25) is 14.5 Å². The van der Waals surface area contributed by atoms with Gasteiger partial charge in [0, 0.05) is 18.7 Å². The number of benzene rings is 3. The second-order valence-electron chi connectivity index (χ2n) is 7.62. The largest absolute Gasteiger partial charge is 0.478 e. The third-order valence-corrected chi connectivity index (χ3v) is 5.25. The van der Waals surface area contributed by atoms with Crippen molar-refractivity contribution in [1.29, 1.82) is 0 Å². The van der Waals surface area contributed by atoms with E-state index in [2.05, 4.69) is 10.6 Å². The van der Waals surface area contributed by atoms with Crippen molar-refractivity contribution in [3.8, 4) is 11.1 Å². The Morgan fingerprint density at radius 1 is 0.912 bits per heavy atom. The molecule has 8 heteroatoms. The SMILES string of the molecule is O=C(CCN1C(=O)NC(=Cc2ccc(-c3cccc(C(=O)O)c3)cc2)C1=O)Nc1ccccc1. The lowest BCUT2D eigenvalue weighted by atomic mass is 10.0. The van der Waals surface area contributed by atoms with E-state index in [1.165, 1.54) is 6.07 Å². The summed E-state index contributed by atoms with van der Waals surface area (Å²) in [4.78, 5) is 49.2. The first-order valence-corrected chi connectivity index (χ1v) is 10.5. The van der Waals surface area contributed by atoms with E-state index in [-0.39, 0.29) is 30.1 Å². The monoisotopic (exact) mass is 455 g/mol. The van der Waals surface area contributed by atoms with Crippen LogP contribution in [0.15, 0.2) is 84.6 Å². The Morgan fingerprint density at radius 3 is 2.35 bits per heavy atom. The average Bonchev–Trinajstić information content (AvgIpc) is 3.11. The van der Waals surface area contributed by atoms with Gasteiger partial charge in [0.25, 0.3) is 5.91 Å². The van der Waals surface area contributed by atoms with Crippen LogP contribution in [0.2, 0.25) is 0 Å². The molecule has 4 amide bonds. The molecule has 0 aromatic heterocycles. The van der Waals surface area contributed by atoms with Crippen LogP contribution in [0.5, 0.6) is 0 Å². The van der Waals surface area contributed by atoms with Gasteiger partial charge in [-0.25, -0.2) is 9.59 Å². The van der Waals surface area contributed by atoms with Crippen LogP contribution in [-0.2, 0) is 9.59 Å². The molecular formula is C26H21N3O5. The average molecular weight is 455 g/mol. The zero-order valence-electron chi connectivity index (χ0n) is 18.0. The van der Waals surface area contributed by atoms with E-state index in [4.69, 9.17) is 5.11 Å². The van der Waals surface area contributed by atoms with Crippen molar-refractivity contribution in [3.05, 3.63) is 95.7 Å². The molecule has 1 aliphatic rings. The molecule has 1 aliphatic heterocycles. The summed E-state index contributed by atoms with van der Waals surface area (Å²) >= 11 is 0. The number of aromatic carboxylic acids is 1. The molecule has 0 radical (unpaired) electrons. The first-order chi connectivity index (χ1) is 16.4. The number of nitrogens with zero attached hydrogens (tertiary/aromatic N) is 1. The highest BCUT2D eigenvalue weighted by Crippen LogP contribution is 2.22. The van der Waals surface area contributed by atoms with Gasteiger partial charge in [-0.15, -0.1) is 0 Å². The maximum absolute atomic E-state index is 12.7. The summed E-state index contributed by atoms with van der Waals surface area (Å²) in [6, 6.07) is 22.1. The van der Waals surface area contributed by atoms with Crippen LogP contribution < -0.4 is 10.6 Å². The number of hydrogen-bond donors (Lipinski definition) is 3. The Bertz CT molecular complexity index is 1280. The van der Waals surface area contributed by atoms with Crippen LogP contribution in [0.1, 0.15) is 22.3 Å². The number of carboxylic acids is 1. The fourth-order valence-corrected chi connectivity index (χ4v) is 3.50. The number of rotatable bonds is 7. The summed E-state index contributed by atoms with van der Waals surface area (Å²) < 4.78 is 0. The van der Waals surface area contributed by atoms with Gasteiger partial charge in [0.1, 0.15) is 5.70 Å². The van der Waals surface area contributed by atoms with Crippen molar-refractivity contribution >= 4 is 35.6 Å². The number of amides is 4. The molecule has 1 heterocycles. The molecule has 170 valence electrons. The minimum Gasteiger partial charge on any atom is -0.478 e. The summed E-state index contributed by atoms with van der Waals surface area (Å²) in [6.07, 6.45) is 1.53. The van der Waals surface area contributed by atoms with Gasteiger partial charge in [-0.05, 0) is 47.0 Å². The number of carbonyl (C=O) groups is 4. The van der Waals surface area contributed by atoms with E-state index >= 15 is 0 Å². The molecule has 0 aliphatic carbocycles. The van der Waals surface area contributed by atoms with Crippen LogP contribution in [0.25, 0.3) is 17.2 Å². The zero-order chi connectivity index (χ0) is 24.1. The Balaban J connectivity index is 1.40. The predicted octanol–water partition coefficient (Wildman–Crippen LogP) is 3.97. The Labute approximate surface area is 195 Å². The summed E-state index contributed by atoms with van der Waals surface area (Å²) in [5.74, 6) is -1.80. The maximum Gasteiger partial charge on any atom is 0.335 e. The number of nitrogens with one attached hydrogen (secondary N) is 2. The highest BCUT2D eigenvalue weighted by atomic mass is 16.4. The molecule has 8 nitrogen and oxygen atoms in total. The van der Waals surface area contributed by atoms with Crippen LogP contribution >= 0.6 is 0 Å². The van der Waals surface area contributed by atoms with E-state index < -0.39 is 17.9 Å². The lowest BCUT2D eigenvalue weighted by Gasteiger charge is -2.11. The van der Waals surface area contributed by atoms with Crippen molar-refractivity contribution in [3.63, 3.8) is 0 Å². The second-order valence-corrected chi connectivity index (χ2v) is 7.62. The molecule has 0 saturated carbocycles. The van der Waals surface area contributed by atoms with Gasteiger partial charge >= 0.3 is 12.0 Å². The number of hydrogen-bond acceptors (Lipinski definition) is 4.